The van der Waals surface area contributed by atoms with E-state index in [1.54, 1.807) is 0 Å². The van der Waals surface area contributed by atoms with E-state index in [0.717, 1.165) is 31.3 Å². The molecule has 0 bridgehead atoms. The Balaban J connectivity index is 1.95. The van der Waals surface area contributed by atoms with Gasteiger partial charge in [0.25, 0.3) is 0 Å². The van der Waals surface area contributed by atoms with E-state index in [4.69, 9.17) is 0 Å². The number of hydrogen-bond donors (Lipinski definition) is 1. The summed E-state index contributed by atoms with van der Waals surface area (Å²) in [5.41, 5.74) is 0. The second-order valence-electron chi connectivity index (χ2n) is 5.12. The third-order valence-electron chi connectivity index (χ3n) is 3.91. The predicted octanol–water partition coefficient (Wildman–Crippen LogP) is 0.553. The summed E-state index contributed by atoms with van der Waals surface area (Å²) in [6.45, 7) is 7.50. The molecule has 2 atom stereocenters. The summed E-state index contributed by atoms with van der Waals surface area (Å²) in [6.07, 6.45) is 1.22. The smallest absolute Gasteiger partial charge is 0.146 e. The summed E-state index contributed by atoms with van der Waals surface area (Å²) < 4.78 is 2.08. The molecule has 1 saturated heterocycles. The van der Waals surface area contributed by atoms with Crippen LogP contribution in [0, 0.1) is 12.8 Å². The Morgan fingerprint density at radius 2 is 2.18 bits per heavy atom. The van der Waals surface area contributed by atoms with Crippen molar-refractivity contribution in [2.24, 2.45) is 13.0 Å². The van der Waals surface area contributed by atoms with Crippen LogP contribution < -0.4 is 5.32 Å². The van der Waals surface area contributed by atoms with Gasteiger partial charge in [-0.15, -0.1) is 10.2 Å². The van der Waals surface area contributed by atoms with Crippen molar-refractivity contribution >= 4 is 0 Å². The normalized spacial score (nSPS) is 26.4. The molecule has 96 valence electrons. The van der Waals surface area contributed by atoms with Crippen molar-refractivity contribution in [1.29, 1.82) is 0 Å². The molecular formula is C12H23N5. The zero-order valence-electron chi connectivity index (χ0n) is 11.3. The molecular weight excluding hydrogens is 214 g/mol. The van der Waals surface area contributed by atoms with Gasteiger partial charge in [0, 0.05) is 26.2 Å². The molecule has 1 N–H and O–H groups in total. The van der Waals surface area contributed by atoms with Crippen molar-refractivity contribution in [1.82, 2.24) is 25.0 Å². The largest absolute Gasteiger partial charge is 0.317 e. The number of aryl methyl sites for hydroxylation is 1. The van der Waals surface area contributed by atoms with Crippen LogP contribution in [0.15, 0.2) is 0 Å². The van der Waals surface area contributed by atoms with Gasteiger partial charge in [-0.2, -0.15) is 0 Å². The standard InChI is InChI=1S/C12H23N5/c1-9-7-17(6-5-11(9)13-3)8-12-15-14-10(2)16(12)4/h9,11,13H,5-8H2,1-4H3. The highest BCUT2D eigenvalue weighted by Gasteiger charge is 2.25. The third-order valence-corrected chi connectivity index (χ3v) is 3.91. The molecule has 5 heteroatoms. The molecule has 0 aromatic carbocycles. The van der Waals surface area contributed by atoms with Crippen LogP contribution >= 0.6 is 0 Å². The monoisotopic (exact) mass is 237 g/mol. The highest BCUT2D eigenvalue weighted by atomic mass is 15.3. The van der Waals surface area contributed by atoms with Crippen LogP contribution in [-0.4, -0.2) is 45.8 Å². The molecule has 0 radical (unpaired) electrons. The lowest BCUT2D eigenvalue weighted by Crippen LogP contribution is -2.47. The fraction of sp³-hybridized carbons (Fsp3) is 0.833. The van der Waals surface area contributed by atoms with Crippen molar-refractivity contribution in [3.63, 3.8) is 0 Å². The van der Waals surface area contributed by atoms with Gasteiger partial charge < -0.3 is 9.88 Å². The van der Waals surface area contributed by atoms with Crippen molar-refractivity contribution in [2.45, 2.75) is 32.9 Å². The van der Waals surface area contributed by atoms with Gasteiger partial charge in [-0.3, -0.25) is 4.90 Å². The fourth-order valence-corrected chi connectivity index (χ4v) is 2.59. The predicted molar refractivity (Wildman–Crippen MR) is 67.6 cm³/mol. The molecule has 0 spiro atoms. The number of nitrogens with one attached hydrogen (secondary N) is 1. The topological polar surface area (TPSA) is 46.0 Å². The lowest BCUT2D eigenvalue weighted by Gasteiger charge is -2.36. The summed E-state index contributed by atoms with van der Waals surface area (Å²) in [5.74, 6) is 2.75. The molecule has 0 amide bonds. The third kappa shape index (κ3) is 2.66. The second-order valence-corrected chi connectivity index (χ2v) is 5.12. The van der Waals surface area contributed by atoms with E-state index < -0.39 is 0 Å². The van der Waals surface area contributed by atoms with E-state index in [-0.39, 0.29) is 0 Å². The van der Waals surface area contributed by atoms with Gasteiger partial charge in [-0.25, -0.2) is 0 Å². The average Bonchev–Trinajstić information content (AvgIpc) is 2.61. The molecule has 0 aliphatic carbocycles. The van der Waals surface area contributed by atoms with E-state index in [1.165, 1.54) is 6.42 Å². The van der Waals surface area contributed by atoms with E-state index in [9.17, 15) is 0 Å². The van der Waals surface area contributed by atoms with Crippen LogP contribution in [0.5, 0.6) is 0 Å². The Bertz CT molecular complexity index is 373. The minimum Gasteiger partial charge on any atom is -0.317 e. The van der Waals surface area contributed by atoms with Crippen LogP contribution in [0.1, 0.15) is 25.0 Å². The van der Waals surface area contributed by atoms with E-state index in [0.29, 0.717) is 12.0 Å². The van der Waals surface area contributed by atoms with Crippen molar-refractivity contribution < 1.29 is 0 Å². The number of aromatic nitrogens is 3. The Morgan fingerprint density at radius 3 is 2.71 bits per heavy atom. The zero-order chi connectivity index (χ0) is 12.4. The van der Waals surface area contributed by atoms with E-state index >= 15 is 0 Å². The van der Waals surface area contributed by atoms with E-state index in [1.807, 2.05) is 14.0 Å². The van der Waals surface area contributed by atoms with Crippen molar-refractivity contribution in [3.8, 4) is 0 Å². The Morgan fingerprint density at radius 1 is 1.41 bits per heavy atom. The second kappa shape index (κ2) is 5.14. The minimum atomic E-state index is 0.660. The average molecular weight is 237 g/mol. The molecule has 2 unspecified atom stereocenters. The van der Waals surface area contributed by atoms with Crippen LogP contribution in [-0.2, 0) is 13.6 Å². The summed E-state index contributed by atoms with van der Waals surface area (Å²) in [6, 6.07) is 0.660. The molecule has 2 rings (SSSR count). The fourth-order valence-electron chi connectivity index (χ4n) is 2.59. The number of hydrogen-bond acceptors (Lipinski definition) is 4. The minimum absolute atomic E-state index is 0.660. The Labute approximate surface area is 103 Å². The lowest BCUT2D eigenvalue weighted by atomic mass is 9.94. The Hall–Kier alpha value is -0.940. The number of nitrogens with zero attached hydrogens (tertiary/aromatic N) is 4. The first-order chi connectivity index (χ1) is 8.11. The lowest BCUT2D eigenvalue weighted by molar-refractivity contribution is 0.141. The first-order valence-corrected chi connectivity index (χ1v) is 6.36. The van der Waals surface area contributed by atoms with Crippen LogP contribution in [0.3, 0.4) is 0 Å². The maximum Gasteiger partial charge on any atom is 0.146 e. The quantitative estimate of drug-likeness (QED) is 0.834. The first kappa shape index (κ1) is 12.5. The van der Waals surface area contributed by atoms with Crippen LogP contribution in [0.4, 0.5) is 0 Å². The molecule has 2 heterocycles. The van der Waals surface area contributed by atoms with Crippen LogP contribution in [0.25, 0.3) is 0 Å². The molecule has 1 aliphatic rings. The van der Waals surface area contributed by atoms with Gasteiger partial charge in [0.05, 0.1) is 6.54 Å². The summed E-state index contributed by atoms with van der Waals surface area (Å²) in [5, 5.41) is 11.7. The highest BCUT2D eigenvalue weighted by Crippen LogP contribution is 2.18. The number of likely N-dealkylation sites (tertiary alicyclic amines) is 1. The van der Waals surface area contributed by atoms with E-state index in [2.05, 4.69) is 39.0 Å². The van der Waals surface area contributed by atoms with Gasteiger partial charge in [0.1, 0.15) is 11.6 Å². The summed E-state index contributed by atoms with van der Waals surface area (Å²) in [4.78, 5) is 2.47. The van der Waals surface area contributed by atoms with Crippen molar-refractivity contribution in [3.05, 3.63) is 11.6 Å². The molecule has 1 fully saturated rings. The van der Waals surface area contributed by atoms with Gasteiger partial charge in [-0.1, -0.05) is 6.92 Å². The van der Waals surface area contributed by atoms with Crippen molar-refractivity contribution in [2.75, 3.05) is 20.1 Å². The first-order valence-electron chi connectivity index (χ1n) is 6.36. The molecule has 5 nitrogen and oxygen atoms in total. The number of piperidine rings is 1. The SMILES string of the molecule is CNC1CCN(Cc2nnc(C)n2C)CC1C. The molecule has 1 aliphatic heterocycles. The maximum absolute atomic E-state index is 4.23. The van der Waals surface area contributed by atoms with Gasteiger partial charge in [-0.05, 0) is 26.3 Å². The molecule has 1 aromatic heterocycles. The number of rotatable bonds is 3. The van der Waals surface area contributed by atoms with Gasteiger partial charge in [0.15, 0.2) is 0 Å². The molecule has 17 heavy (non-hydrogen) atoms. The van der Waals surface area contributed by atoms with Gasteiger partial charge >= 0.3 is 0 Å². The summed E-state index contributed by atoms with van der Waals surface area (Å²) in [7, 11) is 4.09. The molecule has 0 saturated carbocycles. The Kier molecular flexibility index (Phi) is 3.79. The van der Waals surface area contributed by atoms with Crippen LogP contribution in [0.2, 0.25) is 0 Å². The maximum atomic E-state index is 4.23. The summed E-state index contributed by atoms with van der Waals surface area (Å²) >= 11 is 0. The van der Waals surface area contributed by atoms with Gasteiger partial charge in [0.2, 0.25) is 0 Å². The molecule has 1 aromatic rings. The zero-order valence-corrected chi connectivity index (χ0v) is 11.3. The highest BCUT2D eigenvalue weighted by molar-refractivity contribution is 4.93.